The Hall–Kier alpha value is -2.82. The van der Waals surface area contributed by atoms with Crippen LogP contribution in [0.25, 0.3) is 0 Å². The van der Waals surface area contributed by atoms with E-state index >= 15 is 0 Å². The van der Waals surface area contributed by atoms with Crippen molar-refractivity contribution >= 4 is 17.6 Å². The molecule has 1 atom stereocenters. The Balaban J connectivity index is 1.69. The molecule has 1 aliphatic heterocycles. The number of esters is 1. The molecule has 0 fully saturated rings. The van der Waals surface area contributed by atoms with Crippen molar-refractivity contribution in [3.8, 4) is 0 Å². The van der Waals surface area contributed by atoms with Gasteiger partial charge in [0.2, 0.25) is 5.91 Å². The first kappa shape index (κ1) is 20.9. The molecule has 5 heteroatoms. The highest BCUT2D eigenvalue weighted by atomic mass is 16.6. The van der Waals surface area contributed by atoms with Gasteiger partial charge in [0, 0.05) is 30.8 Å². The van der Waals surface area contributed by atoms with Gasteiger partial charge in [-0.2, -0.15) is 0 Å². The molecule has 0 saturated carbocycles. The maximum absolute atomic E-state index is 12.1. The summed E-state index contributed by atoms with van der Waals surface area (Å²) in [6.07, 6.45) is 2.21. The van der Waals surface area contributed by atoms with Gasteiger partial charge in [0.15, 0.2) is 0 Å². The maximum atomic E-state index is 12.1. The van der Waals surface area contributed by atoms with Crippen molar-refractivity contribution in [2.45, 2.75) is 52.2 Å². The van der Waals surface area contributed by atoms with Crippen LogP contribution < -0.4 is 10.6 Å². The van der Waals surface area contributed by atoms with Crippen LogP contribution >= 0.6 is 0 Å². The molecule has 2 aromatic rings. The number of hydrogen-bond acceptors (Lipinski definition) is 4. The van der Waals surface area contributed by atoms with Crippen LogP contribution in [0.2, 0.25) is 0 Å². The number of amides is 1. The highest BCUT2D eigenvalue weighted by molar-refractivity contribution is 5.92. The number of nitrogens with two attached hydrogens (primary N) is 1. The molecule has 0 aliphatic carbocycles. The van der Waals surface area contributed by atoms with Gasteiger partial charge in [0.05, 0.1) is 0 Å². The summed E-state index contributed by atoms with van der Waals surface area (Å²) >= 11 is 0. The molecule has 1 aliphatic rings. The zero-order chi connectivity index (χ0) is 21.0. The van der Waals surface area contributed by atoms with E-state index in [2.05, 4.69) is 29.2 Å². The van der Waals surface area contributed by atoms with E-state index in [9.17, 15) is 9.59 Å². The number of fused-ring (bicyclic) bond motifs is 1. The summed E-state index contributed by atoms with van der Waals surface area (Å²) in [5.74, 6) is -0.158. The van der Waals surface area contributed by atoms with E-state index in [1.165, 1.54) is 11.3 Å². The quantitative estimate of drug-likeness (QED) is 0.749. The number of hydrogen-bond donors (Lipinski definition) is 1. The normalized spacial score (nSPS) is 16.2. The summed E-state index contributed by atoms with van der Waals surface area (Å²) in [6, 6.07) is 15.9. The molecule has 0 aromatic heterocycles. The Morgan fingerprint density at radius 2 is 1.79 bits per heavy atom. The Morgan fingerprint density at radius 3 is 2.45 bits per heavy atom. The fraction of sp³-hybridized carbons (Fsp3) is 0.417. The Bertz CT molecular complexity index is 868. The number of primary amides is 1. The van der Waals surface area contributed by atoms with Crippen LogP contribution in [-0.4, -0.2) is 24.0 Å². The van der Waals surface area contributed by atoms with Crippen molar-refractivity contribution < 1.29 is 14.3 Å². The number of rotatable bonds is 6. The van der Waals surface area contributed by atoms with E-state index in [1.807, 2.05) is 32.9 Å². The number of carbonyl (C=O) groups is 2. The predicted molar refractivity (Wildman–Crippen MR) is 115 cm³/mol. The van der Waals surface area contributed by atoms with E-state index in [1.54, 1.807) is 12.1 Å². The maximum Gasteiger partial charge on any atom is 0.306 e. The third kappa shape index (κ3) is 5.83. The fourth-order valence-corrected chi connectivity index (χ4v) is 3.83. The van der Waals surface area contributed by atoms with Gasteiger partial charge in [-0.3, -0.25) is 9.59 Å². The molecule has 3 rings (SSSR count). The molecule has 1 unspecified atom stereocenters. The minimum atomic E-state index is -0.445. The summed E-state index contributed by atoms with van der Waals surface area (Å²) in [7, 11) is 0. The van der Waals surface area contributed by atoms with Crippen LogP contribution in [0.1, 0.15) is 55.1 Å². The fourth-order valence-electron chi connectivity index (χ4n) is 3.83. The van der Waals surface area contributed by atoms with Crippen molar-refractivity contribution in [2.24, 2.45) is 11.7 Å². The van der Waals surface area contributed by atoms with E-state index in [0.29, 0.717) is 17.9 Å². The monoisotopic (exact) mass is 394 g/mol. The van der Waals surface area contributed by atoms with Crippen LogP contribution in [0.15, 0.2) is 48.5 Å². The number of ether oxygens (including phenoxy) is 1. The van der Waals surface area contributed by atoms with Crippen molar-refractivity contribution in [3.63, 3.8) is 0 Å². The molecule has 0 spiro atoms. The molecule has 5 nitrogen and oxygen atoms in total. The summed E-state index contributed by atoms with van der Waals surface area (Å²) in [6.45, 7) is 7.32. The SMILES string of the molecule is CC(C)(C)OC(=O)CCC1Cc2ccccc2N(Cc2ccc(C(N)=O)cc2)C1. The van der Waals surface area contributed by atoms with E-state index < -0.39 is 11.5 Å². The van der Waals surface area contributed by atoms with E-state index in [4.69, 9.17) is 10.5 Å². The highest BCUT2D eigenvalue weighted by Gasteiger charge is 2.26. The predicted octanol–water partition coefficient (Wildman–Crippen LogP) is 4.09. The number of anilines is 1. The molecule has 0 radical (unpaired) electrons. The van der Waals surface area contributed by atoms with Crippen LogP contribution in [-0.2, 0) is 22.5 Å². The summed E-state index contributed by atoms with van der Waals surface area (Å²) in [4.78, 5) is 25.8. The molecular formula is C24H30N2O3. The van der Waals surface area contributed by atoms with Crippen LogP contribution in [0.3, 0.4) is 0 Å². The number of para-hydroxylation sites is 1. The van der Waals surface area contributed by atoms with Crippen molar-refractivity contribution in [1.82, 2.24) is 0 Å². The second-order valence-electron chi connectivity index (χ2n) is 8.77. The summed E-state index contributed by atoms with van der Waals surface area (Å²) in [5, 5.41) is 0. The Labute approximate surface area is 172 Å². The van der Waals surface area contributed by atoms with Crippen LogP contribution in [0.4, 0.5) is 5.69 Å². The zero-order valence-electron chi connectivity index (χ0n) is 17.5. The third-order valence-electron chi connectivity index (χ3n) is 5.11. The topological polar surface area (TPSA) is 72.6 Å². The summed E-state index contributed by atoms with van der Waals surface area (Å²) < 4.78 is 5.46. The lowest BCUT2D eigenvalue weighted by molar-refractivity contribution is -0.155. The van der Waals surface area contributed by atoms with Gasteiger partial charge in [0.1, 0.15) is 5.60 Å². The van der Waals surface area contributed by atoms with Gasteiger partial charge in [-0.05, 0) is 68.9 Å². The second kappa shape index (κ2) is 8.68. The molecule has 2 aromatic carbocycles. The smallest absolute Gasteiger partial charge is 0.306 e. The first-order chi connectivity index (χ1) is 13.7. The van der Waals surface area contributed by atoms with Gasteiger partial charge >= 0.3 is 5.97 Å². The lowest BCUT2D eigenvalue weighted by Gasteiger charge is -2.36. The lowest BCUT2D eigenvalue weighted by atomic mass is 9.89. The standard InChI is InChI=1S/C24H30N2O3/c1-24(2,3)29-22(27)13-10-18-14-20-6-4-5-7-21(20)26(16-18)15-17-8-11-19(12-9-17)23(25)28/h4-9,11-12,18H,10,13-16H2,1-3H3,(H2,25,28). The largest absolute Gasteiger partial charge is 0.460 e. The van der Waals surface area contributed by atoms with E-state index in [0.717, 1.165) is 31.5 Å². The van der Waals surface area contributed by atoms with Crippen molar-refractivity contribution in [3.05, 3.63) is 65.2 Å². The van der Waals surface area contributed by atoms with E-state index in [-0.39, 0.29) is 5.97 Å². The van der Waals surface area contributed by atoms with Gasteiger partial charge < -0.3 is 15.4 Å². The molecule has 1 heterocycles. The van der Waals surface area contributed by atoms with Crippen LogP contribution in [0, 0.1) is 5.92 Å². The molecule has 0 saturated heterocycles. The van der Waals surface area contributed by atoms with Gasteiger partial charge in [-0.25, -0.2) is 0 Å². The lowest BCUT2D eigenvalue weighted by Crippen LogP contribution is -2.35. The molecule has 154 valence electrons. The average Bonchev–Trinajstić information content (AvgIpc) is 2.65. The van der Waals surface area contributed by atoms with Crippen molar-refractivity contribution in [2.75, 3.05) is 11.4 Å². The molecule has 2 N–H and O–H groups in total. The number of carbonyl (C=O) groups excluding carboxylic acids is 2. The first-order valence-corrected chi connectivity index (χ1v) is 10.1. The molecular weight excluding hydrogens is 364 g/mol. The zero-order valence-corrected chi connectivity index (χ0v) is 17.5. The minimum Gasteiger partial charge on any atom is -0.460 e. The first-order valence-electron chi connectivity index (χ1n) is 10.1. The Morgan fingerprint density at radius 1 is 1.10 bits per heavy atom. The average molecular weight is 395 g/mol. The van der Waals surface area contributed by atoms with Gasteiger partial charge in [-0.1, -0.05) is 30.3 Å². The van der Waals surface area contributed by atoms with Gasteiger partial charge in [-0.15, -0.1) is 0 Å². The highest BCUT2D eigenvalue weighted by Crippen LogP contribution is 2.32. The van der Waals surface area contributed by atoms with Gasteiger partial charge in [0.25, 0.3) is 0 Å². The molecule has 1 amide bonds. The number of nitrogens with zero attached hydrogens (tertiary/aromatic N) is 1. The van der Waals surface area contributed by atoms with Crippen molar-refractivity contribution in [1.29, 1.82) is 0 Å². The summed E-state index contributed by atoms with van der Waals surface area (Å²) in [5.41, 5.74) is 9.08. The van der Waals surface area contributed by atoms with Crippen LogP contribution in [0.5, 0.6) is 0 Å². The third-order valence-corrected chi connectivity index (χ3v) is 5.11. The minimum absolute atomic E-state index is 0.134. The Kier molecular flexibility index (Phi) is 6.26. The molecule has 29 heavy (non-hydrogen) atoms. The second-order valence-corrected chi connectivity index (χ2v) is 8.77. The molecule has 0 bridgehead atoms. The number of benzene rings is 2.